The van der Waals surface area contributed by atoms with Gasteiger partial charge in [0.1, 0.15) is 11.4 Å². The van der Waals surface area contributed by atoms with Crippen LogP contribution >= 0.6 is 11.6 Å². The minimum Gasteiger partial charge on any atom is -0.495 e. The average Bonchev–Trinajstić information content (AvgIpc) is 2.86. The molecule has 0 radical (unpaired) electrons. The average molecular weight is 505 g/mol. The van der Waals surface area contributed by atoms with E-state index in [1.54, 1.807) is 30.3 Å². The number of methoxy groups -OCH3 is 1. The lowest BCUT2D eigenvalue weighted by Gasteiger charge is -2.19. The van der Waals surface area contributed by atoms with Crippen LogP contribution < -0.4 is 15.6 Å². The van der Waals surface area contributed by atoms with Crippen LogP contribution in [-0.2, 0) is 16.6 Å². The zero-order chi connectivity index (χ0) is 26.0. The topological polar surface area (TPSA) is 86.6 Å². The summed E-state index contributed by atoms with van der Waals surface area (Å²) in [6.07, 6.45) is -1.15. The SMILES string of the molecule is COc1ccc(NC(=O)C(C)OC(=O)c2c(-c3ccc(C)cc3)c3ccccc3c(=O)n2C)cc1Cl. The van der Waals surface area contributed by atoms with Crippen LogP contribution in [0.2, 0.25) is 5.02 Å². The van der Waals surface area contributed by atoms with Gasteiger partial charge < -0.3 is 19.4 Å². The first kappa shape index (κ1) is 25.0. The number of carbonyl (C=O) groups excluding carboxylic acids is 2. The molecule has 0 spiro atoms. The molecule has 0 bridgehead atoms. The number of anilines is 1. The molecule has 7 nitrogen and oxygen atoms in total. The van der Waals surface area contributed by atoms with Gasteiger partial charge in [0.25, 0.3) is 11.5 Å². The number of esters is 1. The number of amides is 1. The van der Waals surface area contributed by atoms with Crippen molar-refractivity contribution < 1.29 is 19.1 Å². The summed E-state index contributed by atoms with van der Waals surface area (Å²) < 4.78 is 11.9. The van der Waals surface area contributed by atoms with E-state index < -0.39 is 18.0 Å². The van der Waals surface area contributed by atoms with Gasteiger partial charge >= 0.3 is 5.97 Å². The molecule has 0 aliphatic carbocycles. The minimum absolute atomic E-state index is 0.0645. The first-order chi connectivity index (χ1) is 17.2. The van der Waals surface area contributed by atoms with Crippen LogP contribution in [0.3, 0.4) is 0 Å². The Hall–Kier alpha value is -4.10. The molecule has 1 heterocycles. The van der Waals surface area contributed by atoms with E-state index in [-0.39, 0.29) is 11.3 Å². The van der Waals surface area contributed by atoms with Crippen molar-refractivity contribution in [2.45, 2.75) is 20.0 Å². The van der Waals surface area contributed by atoms with E-state index in [0.29, 0.717) is 32.8 Å². The van der Waals surface area contributed by atoms with E-state index in [1.165, 1.54) is 31.7 Å². The largest absolute Gasteiger partial charge is 0.495 e. The van der Waals surface area contributed by atoms with Crippen molar-refractivity contribution in [2.75, 3.05) is 12.4 Å². The summed E-state index contributed by atoms with van der Waals surface area (Å²) in [6.45, 7) is 3.43. The van der Waals surface area contributed by atoms with Crippen LogP contribution in [0, 0.1) is 6.92 Å². The van der Waals surface area contributed by atoms with E-state index in [0.717, 1.165) is 11.1 Å². The number of hydrogen-bond acceptors (Lipinski definition) is 5. The molecule has 0 saturated heterocycles. The van der Waals surface area contributed by atoms with Gasteiger partial charge in [0.2, 0.25) is 0 Å². The van der Waals surface area contributed by atoms with Crippen LogP contribution in [0.5, 0.6) is 5.75 Å². The number of nitrogens with zero attached hydrogens (tertiary/aromatic N) is 1. The summed E-state index contributed by atoms with van der Waals surface area (Å²) >= 11 is 6.13. The highest BCUT2D eigenvalue weighted by atomic mass is 35.5. The van der Waals surface area contributed by atoms with Gasteiger partial charge in [-0.25, -0.2) is 4.79 Å². The molecule has 1 aromatic heterocycles. The predicted octanol–water partition coefficient (Wildman–Crippen LogP) is 5.36. The van der Waals surface area contributed by atoms with Crippen LogP contribution in [0.1, 0.15) is 23.0 Å². The Morgan fingerprint density at radius 2 is 1.67 bits per heavy atom. The molecule has 3 aromatic carbocycles. The normalized spacial score (nSPS) is 11.7. The molecule has 8 heteroatoms. The summed E-state index contributed by atoms with van der Waals surface area (Å²) in [4.78, 5) is 39.3. The van der Waals surface area contributed by atoms with Crippen molar-refractivity contribution in [2.24, 2.45) is 7.05 Å². The predicted molar refractivity (Wildman–Crippen MR) is 141 cm³/mol. The number of fused-ring (bicyclic) bond motifs is 1. The molecule has 0 fully saturated rings. The monoisotopic (exact) mass is 504 g/mol. The third kappa shape index (κ3) is 4.83. The molecule has 36 heavy (non-hydrogen) atoms. The van der Waals surface area contributed by atoms with Crippen LogP contribution in [0.15, 0.2) is 71.5 Å². The maximum Gasteiger partial charge on any atom is 0.356 e. The van der Waals surface area contributed by atoms with E-state index in [9.17, 15) is 14.4 Å². The summed E-state index contributed by atoms with van der Waals surface area (Å²) in [5, 5.41) is 4.11. The Morgan fingerprint density at radius 1 is 1.00 bits per heavy atom. The van der Waals surface area contributed by atoms with Crippen LogP contribution in [0.4, 0.5) is 5.69 Å². The molecule has 1 unspecified atom stereocenters. The molecular weight excluding hydrogens is 480 g/mol. The van der Waals surface area contributed by atoms with Gasteiger partial charge in [-0.05, 0) is 49.1 Å². The van der Waals surface area contributed by atoms with E-state index in [2.05, 4.69) is 5.32 Å². The lowest BCUT2D eigenvalue weighted by molar-refractivity contribution is -0.123. The zero-order valence-corrected chi connectivity index (χ0v) is 21.1. The Morgan fingerprint density at radius 3 is 2.31 bits per heavy atom. The molecule has 1 N–H and O–H groups in total. The summed E-state index contributed by atoms with van der Waals surface area (Å²) in [7, 11) is 3.01. The lowest BCUT2D eigenvalue weighted by Crippen LogP contribution is -2.32. The fraction of sp³-hybridized carbons (Fsp3) is 0.179. The number of pyridine rings is 1. The molecule has 0 saturated carbocycles. The quantitative estimate of drug-likeness (QED) is 0.357. The molecule has 4 aromatic rings. The molecule has 1 atom stereocenters. The Bertz CT molecular complexity index is 1530. The third-order valence-electron chi connectivity index (χ3n) is 5.91. The molecular formula is C28H25ClN2O5. The molecule has 184 valence electrons. The highest BCUT2D eigenvalue weighted by Crippen LogP contribution is 2.32. The number of nitrogens with one attached hydrogen (secondary N) is 1. The number of aromatic nitrogens is 1. The second-order valence-corrected chi connectivity index (χ2v) is 8.79. The molecule has 0 aliphatic rings. The number of halogens is 1. The Labute approximate surface area is 213 Å². The standard InChI is InChI=1S/C28H25ClN2O5/c1-16-9-11-18(12-10-16)24-20-7-5-6-8-21(20)27(33)31(3)25(24)28(34)36-17(2)26(32)30-19-13-14-23(35-4)22(29)15-19/h5-15,17H,1-4H3,(H,30,32). The third-order valence-corrected chi connectivity index (χ3v) is 6.20. The molecule has 4 rings (SSSR count). The maximum atomic E-state index is 13.4. The number of carbonyl (C=O) groups is 2. The number of hydrogen-bond donors (Lipinski definition) is 1. The lowest BCUT2D eigenvalue weighted by atomic mass is 9.96. The van der Waals surface area contributed by atoms with E-state index in [1.807, 2.05) is 37.3 Å². The zero-order valence-electron chi connectivity index (χ0n) is 20.3. The van der Waals surface area contributed by atoms with Gasteiger partial charge in [0.05, 0.1) is 12.1 Å². The van der Waals surface area contributed by atoms with Gasteiger partial charge in [-0.3, -0.25) is 9.59 Å². The van der Waals surface area contributed by atoms with Gasteiger partial charge in [0.15, 0.2) is 6.10 Å². The van der Waals surface area contributed by atoms with E-state index in [4.69, 9.17) is 21.1 Å². The molecule has 1 amide bonds. The van der Waals surface area contributed by atoms with Crippen LogP contribution in [-0.4, -0.2) is 29.7 Å². The fourth-order valence-corrected chi connectivity index (χ4v) is 4.23. The van der Waals surface area contributed by atoms with Crippen molar-refractivity contribution in [3.05, 3.63) is 93.4 Å². The highest BCUT2D eigenvalue weighted by molar-refractivity contribution is 6.32. The minimum atomic E-state index is -1.15. The molecule has 0 aliphatic heterocycles. The highest BCUT2D eigenvalue weighted by Gasteiger charge is 2.26. The van der Waals surface area contributed by atoms with Crippen LogP contribution in [0.25, 0.3) is 21.9 Å². The van der Waals surface area contributed by atoms with E-state index >= 15 is 0 Å². The second-order valence-electron chi connectivity index (χ2n) is 8.39. The fourth-order valence-electron chi connectivity index (χ4n) is 3.97. The van der Waals surface area contributed by atoms with Crippen molar-refractivity contribution in [3.63, 3.8) is 0 Å². The van der Waals surface area contributed by atoms with Gasteiger partial charge in [-0.2, -0.15) is 0 Å². The van der Waals surface area contributed by atoms with Crippen molar-refractivity contribution in [3.8, 4) is 16.9 Å². The summed E-state index contributed by atoms with van der Waals surface area (Å²) in [5.74, 6) is -0.867. The van der Waals surface area contributed by atoms with Crippen molar-refractivity contribution >= 4 is 39.9 Å². The van der Waals surface area contributed by atoms with Gasteiger partial charge in [-0.1, -0.05) is 59.6 Å². The Balaban J connectivity index is 1.70. The summed E-state index contributed by atoms with van der Waals surface area (Å²) in [6, 6.07) is 19.5. The summed E-state index contributed by atoms with van der Waals surface area (Å²) in [5.41, 5.74) is 2.53. The van der Waals surface area contributed by atoms with Gasteiger partial charge in [-0.15, -0.1) is 0 Å². The number of benzene rings is 3. The first-order valence-electron chi connectivity index (χ1n) is 11.3. The number of ether oxygens (including phenoxy) is 2. The maximum absolute atomic E-state index is 13.4. The van der Waals surface area contributed by atoms with Crippen molar-refractivity contribution in [1.82, 2.24) is 4.57 Å². The second kappa shape index (κ2) is 10.3. The van der Waals surface area contributed by atoms with Crippen molar-refractivity contribution in [1.29, 1.82) is 0 Å². The Kier molecular flexibility index (Phi) is 7.12. The van der Waals surface area contributed by atoms with Gasteiger partial charge in [0, 0.05) is 23.7 Å². The first-order valence-corrected chi connectivity index (χ1v) is 11.6. The number of aryl methyl sites for hydroxylation is 1. The smallest absolute Gasteiger partial charge is 0.356 e. The number of rotatable bonds is 6.